The topological polar surface area (TPSA) is 69.4 Å². The molecule has 0 N–H and O–H groups in total. The van der Waals surface area contributed by atoms with Crippen molar-refractivity contribution in [3.05, 3.63) is 22.8 Å². The highest BCUT2D eigenvalue weighted by molar-refractivity contribution is 5.69. The van der Waals surface area contributed by atoms with Gasteiger partial charge in [-0.25, -0.2) is 0 Å². The average Bonchev–Trinajstić information content (AvgIpc) is 1.99. The summed E-state index contributed by atoms with van der Waals surface area (Å²) in [5.74, 6) is -0.605. The van der Waals surface area contributed by atoms with Crippen LogP contribution in [0.2, 0.25) is 0 Å². The highest BCUT2D eigenvalue weighted by Gasteiger charge is 2.19. The second-order valence-electron chi connectivity index (χ2n) is 1.87. The Hall–Kier alpha value is -1.39. The monoisotopic (exact) mass is 159 g/mol. The van der Waals surface area contributed by atoms with E-state index in [1.54, 1.807) is 0 Å². The van der Waals surface area contributed by atoms with Gasteiger partial charge in [-0.05, 0) is 6.08 Å². The Kier molecular flexibility index (Phi) is 3.87. The lowest BCUT2D eigenvalue weighted by Crippen LogP contribution is -2.21. The molecule has 62 valence electrons. The first-order valence-electron chi connectivity index (χ1n) is 2.94. The van der Waals surface area contributed by atoms with Crippen molar-refractivity contribution in [1.29, 1.82) is 0 Å². The normalized spacial score (nSPS) is 11.7. The first-order chi connectivity index (χ1) is 5.11. The zero-order chi connectivity index (χ0) is 8.85. The molecule has 0 aromatic rings. The number of hydrogen-bond donors (Lipinski definition) is 0. The summed E-state index contributed by atoms with van der Waals surface area (Å²) in [5.41, 5.74) is 0. The lowest BCUT2D eigenvalue weighted by atomic mass is 10.2. The average molecular weight is 159 g/mol. The molecule has 0 saturated carbocycles. The van der Waals surface area contributed by atoms with Gasteiger partial charge in [-0.1, -0.05) is 6.58 Å². The molecule has 1 unspecified atom stereocenters. The molecule has 0 spiro atoms. The summed E-state index contributed by atoms with van der Waals surface area (Å²) >= 11 is 0. The quantitative estimate of drug-likeness (QED) is 0.257. The van der Waals surface area contributed by atoms with E-state index in [1.807, 2.05) is 0 Å². The van der Waals surface area contributed by atoms with Gasteiger partial charge in [-0.15, -0.1) is 0 Å². The number of carbonyl (C=O) groups excluding carboxylic acids is 1. The van der Waals surface area contributed by atoms with Gasteiger partial charge >= 0.3 is 5.97 Å². The fourth-order valence-electron chi connectivity index (χ4n) is 0.498. The minimum absolute atomic E-state index is 0.257. The van der Waals surface area contributed by atoms with Gasteiger partial charge in [0.15, 0.2) is 0 Å². The van der Waals surface area contributed by atoms with Crippen LogP contribution in [0.1, 0.15) is 6.42 Å². The van der Waals surface area contributed by atoms with Crippen LogP contribution in [0.5, 0.6) is 0 Å². The van der Waals surface area contributed by atoms with Crippen LogP contribution in [0.3, 0.4) is 0 Å². The Balaban J connectivity index is 3.98. The van der Waals surface area contributed by atoms with Crippen LogP contribution in [0.25, 0.3) is 0 Å². The molecule has 0 rings (SSSR count). The minimum atomic E-state index is -1.04. The molecule has 0 aliphatic carbocycles. The predicted octanol–water partition coefficient (Wildman–Crippen LogP) is 0.381. The van der Waals surface area contributed by atoms with Gasteiger partial charge in [0.1, 0.15) is 6.42 Å². The van der Waals surface area contributed by atoms with Crippen LogP contribution in [0.4, 0.5) is 0 Å². The van der Waals surface area contributed by atoms with Gasteiger partial charge in [0.2, 0.25) is 6.04 Å². The Morgan fingerprint density at radius 1 is 1.91 bits per heavy atom. The van der Waals surface area contributed by atoms with E-state index in [0.717, 1.165) is 6.08 Å². The molecule has 0 aromatic heterocycles. The summed E-state index contributed by atoms with van der Waals surface area (Å²) in [6.45, 7) is 3.22. The number of nitro groups is 1. The van der Waals surface area contributed by atoms with Crippen molar-refractivity contribution >= 4 is 5.97 Å². The highest BCUT2D eigenvalue weighted by Crippen LogP contribution is 1.98. The van der Waals surface area contributed by atoms with Gasteiger partial charge in [0.25, 0.3) is 0 Å². The molecular weight excluding hydrogens is 150 g/mol. The third-order valence-electron chi connectivity index (χ3n) is 1.15. The first-order valence-corrected chi connectivity index (χ1v) is 2.94. The van der Waals surface area contributed by atoms with Crippen molar-refractivity contribution in [3.8, 4) is 0 Å². The van der Waals surface area contributed by atoms with Crippen molar-refractivity contribution in [1.82, 2.24) is 0 Å². The molecule has 0 heterocycles. The van der Waals surface area contributed by atoms with Crippen LogP contribution < -0.4 is 0 Å². The summed E-state index contributed by atoms with van der Waals surface area (Å²) in [6.07, 6.45) is 0.851. The zero-order valence-electron chi connectivity index (χ0n) is 6.15. The molecule has 0 bridgehead atoms. The molecule has 1 atom stereocenters. The van der Waals surface area contributed by atoms with E-state index < -0.39 is 16.9 Å². The van der Waals surface area contributed by atoms with E-state index in [9.17, 15) is 14.9 Å². The molecule has 0 radical (unpaired) electrons. The van der Waals surface area contributed by atoms with Gasteiger partial charge in [0.05, 0.1) is 7.11 Å². The van der Waals surface area contributed by atoms with E-state index in [-0.39, 0.29) is 6.42 Å². The summed E-state index contributed by atoms with van der Waals surface area (Å²) in [5, 5.41) is 10.1. The summed E-state index contributed by atoms with van der Waals surface area (Å²) in [6, 6.07) is -1.04. The molecule has 0 amide bonds. The number of nitrogens with zero attached hydrogens (tertiary/aromatic N) is 1. The predicted molar refractivity (Wildman–Crippen MR) is 37.6 cm³/mol. The van der Waals surface area contributed by atoms with E-state index in [0.29, 0.717) is 0 Å². The molecule has 0 aliphatic heterocycles. The van der Waals surface area contributed by atoms with E-state index in [1.165, 1.54) is 7.11 Å². The minimum Gasteiger partial charge on any atom is -0.469 e. The number of ether oxygens (including phenoxy) is 1. The Morgan fingerprint density at radius 2 is 2.45 bits per heavy atom. The number of hydrogen-bond acceptors (Lipinski definition) is 4. The van der Waals surface area contributed by atoms with Crippen LogP contribution >= 0.6 is 0 Å². The number of rotatable bonds is 4. The van der Waals surface area contributed by atoms with Crippen LogP contribution in [-0.2, 0) is 9.53 Å². The molecule has 0 saturated heterocycles. The van der Waals surface area contributed by atoms with Crippen molar-refractivity contribution in [2.24, 2.45) is 0 Å². The highest BCUT2D eigenvalue weighted by atomic mass is 16.6. The van der Waals surface area contributed by atoms with Crippen LogP contribution in [-0.4, -0.2) is 24.0 Å². The van der Waals surface area contributed by atoms with Gasteiger partial charge in [-0.3, -0.25) is 14.9 Å². The smallest absolute Gasteiger partial charge is 0.312 e. The maximum atomic E-state index is 10.5. The third-order valence-corrected chi connectivity index (χ3v) is 1.15. The first kappa shape index (κ1) is 9.61. The number of esters is 1. The van der Waals surface area contributed by atoms with Crippen LogP contribution in [0.15, 0.2) is 12.7 Å². The Bertz CT molecular complexity index is 177. The largest absolute Gasteiger partial charge is 0.469 e. The Labute approximate surface area is 63.8 Å². The van der Waals surface area contributed by atoms with Crippen molar-refractivity contribution in [2.75, 3.05) is 7.11 Å². The van der Waals surface area contributed by atoms with Gasteiger partial charge in [0, 0.05) is 4.92 Å². The molecule has 5 heteroatoms. The lowest BCUT2D eigenvalue weighted by molar-refractivity contribution is -0.508. The zero-order valence-corrected chi connectivity index (χ0v) is 6.15. The third kappa shape index (κ3) is 3.34. The van der Waals surface area contributed by atoms with Crippen molar-refractivity contribution < 1.29 is 14.5 Å². The maximum absolute atomic E-state index is 10.5. The SMILES string of the molecule is C=CC(CC(=O)OC)[N+](=O)[O-]. The van der Waals surface area contributed by atoms with Crippen LogP contribution in [0, 0.1) is 10.1 Å². The fourth-order valence-corrected chi connectivity index (χ4v) is 0.498. The summed E-state index contributed by atoms with van der Waals surface area (Å²) < 4.78 is 4.24. The Morgan fingerprint density at radius 3 is 2.73 bits per heavy atom. The van der Waals surface area contributed by atoms with Gasteiger partial charge in [-0.2, -0.15) is 0 Å². The van der Waals surface area contributed by atoms with Gasteiger partial charge < -0.3 is 4.74 Å². The van der Waals surface area contributed by atoms with Crippen molar-refractivity contribution in [2.45, 2.75) is 12.5 Å². The molecule has 0 fully saturated rings. The molecule has 5 nitrogen and oxygen atoms in total. The number of methoxy groups -OCH3 is 1. The van der Waals surface area contributed by atoms with E-state index in [4.69, 9.17) is 0 Å². The molecule has 0 aromatic carbocycles. The molecule has 11 heavy (non-hydrogen) atoms. The standard InChI is InChI=1S/C6H9NO4/c1-3-5(7(9)10)4-6(8)11-2/h3,5H,1,4H2,2H3. The van der Waals surface area contributed by atoms with E-state index in [2.05, 4.69) is 11.3 Å². The summed E-state index contributed by atoms with van der Waals surface area (Å²) in [7, 11) is 1.18. The van der Waals surface area contributed by atoms with Crippen molar-refractivity contribution in [3.63, 3.8) is 0 Å². The molecule has 0 aliphatic rings. The second-order valence-corrected chi connectivity index (χ2v) is 1.87. The second kappa shape index (κ2) is 4.43. The van der Waals surface area contributed by atoms with E-state index >= 15 is 0 Å². The fraction of sp³-hybridized carbons (Fsp3) is 0.500. The lowest BCUT2D eigenvalue weighted by Gasteiger charge is -2.01. The number of carbonyl (C=O) groups is 1. The maximum Gasteiger partial charge on any atom is 0.312 e. The molecular formula is C6H9NO4. The summed E-state index contributed by atoms with van der Waals surface area (Å²) in [4.78, 5) is 20.0.